The Morgan fingerprint density at radius 2 is 0.786 bits per heavy atom. The molecule has 0 radical (unpaired) electrons. The molecule has 0 saturated carbocycles. The lowest BCUT2D eigenvalue weighted by atomic mass is 9.96. The largest absolute Gasteiger partial charge is 0.388 e. The summed E-state index contributed by atoms with van der Waals surface area (Å²) in [7, 11) is 3.96. The Kier molecular flexibility index (Phi) is 3.04. The molecule has 1 aromatic rings. The topological polar surface area (TPSA) is 24.1 Å². The van der Waals surface area contributed by atoms with E-state index in [9.17, 15) is 0 Å². The van der Waals surface area contributed by atoms with Crippen LogP contribution in [0.2, 0.25) is 0 Å². The van der Waals surface area contributed by atoms with Crippen LogP contribution in [0.3, 0.4) is 0 Å². The lowest BCUT2D eigenvalue weighted by Gasteiger charge is -2.19. The van der Waals surface area contributed by atoms with Crippen LogP contribution in [0.15, 0.2) is 0 Å². The Morgan fingerprint density at radius 3 is 0.929 bits per heavy atom. The van der Waals surface area contributed by atoms with Gasteiger partial charge < -0.3 is 10.6 Å². The minimum Gasteiger partial charge on any atom is -0.388 e. The maximum Gasteiger partial charge on any atom is 0.0403 e. The van der Waals surface area contributed by atoms with Gasteiger partial charge in [0.2, 0.25) is 0 Å². The molecule has 0 aromatic heterocycles. The van der Waals surface area contributed by atoms with Crippen LogP contribution in [-0.2, 0) is 0 Å². The number of nitrogens with one attached hydrogen (secondary N) is 2. The van der Waals surface area contributed by atoms with Crippen LogP contribution < -0.4 is 10.6 Å². The molecular formula is C12H20N2. The standard InChI is InChI=1S/C12H20N2/c1-7-8(2)12(14-6)10(4)9(3)11(7)13-5/h13-14H,1-6H3. The van der Waals surface area contributed by atoms with Gasteiger partial charge in [0.15, 0.2) is 0 Å². The number of hydrogen-bond acceptors (Lipinski definition) is 2. The van der Waals surface area contributed by atoms with Gasteiger partial charge in [0, 0.05) is 25.5 Å². The second kappa shape index (κ2) is 3.91. The highest BCUT2D eigenvalue weighted by Gasteiger charge is 2.12. The maximum absolute atomic E-state index is 3.27. The highest BCUT2D eigenvalue weighted by Crippen LogP contribution is 2.33. The van der Waals surface area contributed by atoms with Gasteiger partial charge in [-0.1, -0.05) is 0 Å². The molecule has 2 N–H and O–H groups in total. The van der Waals surface area contributed by atoms with Gasteiger partial charge in [0.25, 0.3) is 0 Å². The highest BCUT2D eigenvalue weighted by atomic mass is 14.9. The van der Waals surface area contributed by atoms with Gasteiger partial charge in [-0.2, -0.15) is 0 Å². The third kappa shape index (κ3) is 1.45. The fraction of sp³-hybridized carbons (Fsp3) is 0.500. The van der Waals surface area contributed by atoms with Crippen molar-refractivity contribution in [3.8, 4) is 0 Å². The first-order valence-corrected chi connectivity index (χ1v) is 5.00. The van der Waals surface area contributed by atoms with Crippen molar-refractivity contribution < 1.29 is 0 Å². The van der Waals surface area contributed by atoms with Gasteiger partial charge in [-0.25, -0.2) is 0 Å². The summed E-state index contributed by atoms with van der Waals surface area (Å²) < 4.78 is 0. The zero-order chi connectivity index (χ0) is 10.9. The Labute approximate surface area is 86.7 Å². The van der Waals surface area contributed by atoms with E-state index in [4.69, 9.17) is 0 Å². The summed E-state index contributed by atoms with van der Waals surface area (Å²) in [5, 5.41) is 6.54. The van der Waals surface area contributed by atoms with Gasteiger partial charge in [-0.3, -0.25) is 0 Å². The van der Waals surface area contributed by atoms with Crippen molar-refractivity contribution in [2.24, 2.45) is 0 Å². The summed E-state index contributed by atoms with van der Waals surface area (Å²) >= 11 is 0. The Bertz CT molecular complexity index is 290. The summed E-state index contributed by atoms with van der Waals surface area (Å²) in [5.41, 5.74) is 7.86. The van der Waals surface area contributed by atoms with Gasteiger partial charge in [0.1, 0.15) is 0 Å². The molecule has 0 atom stereocenters. The van der Waals surface area contributed by atoms with Crippen molar-refractivity contribution in [2.45, 2.75) is 27.7 Å². The van der Waals surface area contributed by atoms with E-state index >= 15 is 0 Å². The molecule has 14 heavy (non-hydrogen) atoms. The van der Waals surface area contributed by atoms with Crippen LogP contribution in [0.25, 0.3) is 0 Å². The van der Waals surface area contributed by atoms with Gasteiger partial charge >= 0.3 is 0 Å². The molecule has 0 aliphatic rings. The van der Waals surface area contributed by atoms with Crippen LogP contribution in [-0.4, -0.2) is 14.1 Å². The molecule has 0 aliphatic carbocycles. The quantitative estimate of drug-likeness (QED) is 0.752. The lowest BCUT2D eigenvalue weighted by molar-refractivity contribution is 1.22. The summed E-state index contributed by atoms with van der Waals surface area (Å²) in [6, 6.07) is 0. The fourth-order valence-corrected chi connectivity index (χ4v) is 2.06. The van der Waals surface area contributed by atoms with E-state index < -0.39 is 0 Å². The van der Waals surface area contributed by atoms with Crippen molar-refractivity contribution in [3.05, 3.63) is 22.3 Å². The van der Waals surface area contributed by atoms with Gasteiger partial charge in [0.05, 0.1) is 0 Å². The molecule has 0 aliphatic heterocycles. The maximum atomic E-state index is 3.27. The van der Waals surface area contributed by atoms with Crippen molar-refractivity contribution in [1.82, 2.24) is 0 Å². The van der Waals surface area contributed by atoms with Crippen LogP contribution >= 0.6 is 0 Å². The van der Waals surface area contributed by atoms with E-state index in [-0.39, 0.29) is 0 Å². The summed E-state index contributed by atoms with van der Waals surface area (Å²) in [4.78, 5) is 0. The van der Waals surface area contributed by atoms with E-state index in [2.05, 4.69) is 38.3 Å². The average Bonchev–Trinajstić information content (AvgIpc) is 2.17. The minimum atomic E-state index is 1.26. The molecule has 0 fully saturated rings. The third-order valence-electron chi connectivity index (χ3n) is 3.12. The van der Waals surface area contributed by atoms with E-state index in [1.54, 1.807) is 0 Å². The number of rotatable bonds is 2. The second-order valence-electron chi connectivity index (χ2n) is 3.75. The normalized spacial score (nSPS) is 10.1. The van der Waals surface area contributed by atoms with Crippen LogP contribution in [0.1, 0.15) is 22.3 Å². The van der Waals surface area contributed by atoms with Crippen LogP contribution in [0, 0.1) is 27.7 Å². The molecule has 0 amide bonds. The second-order valence-corrected chi connectivity index (χ2v) is 3.75. The molecule has 0 bridgehead atoms. The minimum absolute atomic E-state index is 1.26. The predicted molar refractivity (Wildman–Crippen MR) is 64.5 cm³/mol. The molecule has 1 rings (SSSR count). The first-order chi connectivity index (χ1) is 6.54. The molecule has 0 saturated heterocycles. The fourth-order valence-electron chi connectivity index (χ4n) is 2.06. The molecule has 1 aromatic carbocycles. The number of hydrogen-bond donors (Lipinski definition) is 2. The zero-order valence-corrected chi connectivity index (χ0v) is 10.0. The van der Waals surface area contributed by atoms with Crippen LogP contribution in [0.5, 0.6) is 0 Å². The lowest BCUT2D eigenvalue weighted by Crippen LogP contribution is -2.04. The zero-order valence-electron chi connectivity index (χ0n) is 10.0. The molecule has 0 unspecified atom stereocenters. The summed E-state index contributed by atoms with van der Waals surface area (Å²) in [5.74, 6) is 0. The SMILES string of the molecule is CNc1c(C)c(C)c(NC)c(C)c1C. The van der Waals surface area contributed by atoms with Gasteiger partial charge in [-0.05, 0) is 49.9 Å². The van der Waals surface area contributed by atoms with Gasteiger partial charge in [-0.15, -0.1) is 0 Å². The molecule has 78 valence electrons. The van der Waals surface area contributed by atoms with E-state index in [1.807, 2.05) is 14.1 Å². The van der Waals surface area contributed by atoms with Crippen molar-refractivity contribution >= 4 is 11.4 Å². The van der Waals surface area contributed by atoms with Crippen molar-refractivity contribution in [2.75, 3.05) is 24.7 Å². The van der Waals surface area contributed by atoms with E-state index in [0.717, 1.165) is 0 Å². The van der Waals surface area contributed by atoms with E-state index in [0.29, 0.717) is 0 Å². The molecular weight excluding hydrogens is 172 g/mol. The molecule has 0 spiro atoms. The van der Waals surface area contributed by atoms with E-state index in [1.165, 1.54) is 33.6 Å². The summed E-state index contributed by atoms with van der Waals surface area (Å²) in [6.07, 6.45) is 0. The van der Waals surface area contributed by atoms with Crippen molar-refractivity contribution in [1.29, 1.82) is 0 Å². The third-order valence-corrected chi connectivity index (χ3v) is 3.12. The van der Waals surface area contributed by atoms with Crippen LogP contribution in [0.4, 0.5) is 11.4 Å². The summed E-state index contributed by atoms with van der Waals surface area (Å²) in [6.45, 7) is 8.64. The Balaban J connectivity index is 3.55. The monoisotopic (exact) mass is 192 g/mol. The number of benzene rings is 1. The Morgan fingerprint density at radius 1 is 0.571 bits per heavy atom. The number of anilines is 2. The van der Waals surface area contributed by atoms with Crippen molar-refractivity contribution in [3.63, 3.8) is 0 Å². The predicted octanol–water partition coefficient (Wildman–Crippen LogP) is 3.00. The first-order valence-electron chi connectivity index (χ1n) is 5.00. The molecule has 2 nitrogen and oxygen atoms in total. The Hall–Kier alpha value is -1.18. The average molecular weight is 192 g/mol. The highest BCUT2D eigenvalue weighted by molar-refractivity contribution is 5.72. The first kappa shape index (κ1) is 10.9. The molecule has 0 heterocycles. The molecule has 2 heteroatoms. The smallest absolute Gasteiger partial charge is 0.0403 e.